The fraction of sp³-hybridized carbons (Fsp3) is 0.222. The minimum atomic E-state index is -0.993. The van der Waals surface area contributed by atoms with Crippen LogP contribution in [-0.4, -0.2) is 23.8 Å². The van der Waals surface area contributed by atoms with Crippen LogP contribution >= 0.6 is 0 Å². The molecule has 74 valence electrons. The maximum Gasteiger partial charge on any atom is 0.343 e. The summed E-state index contributed by atoms with van der Waals surface area (Å²) in [5, 5.41) is 0. The van der Waals surface area contributed by atoms with Gasteiger partial charge < -0.3 is 4.74 Å². The van der Waals surface area contributed by atoms with E-state index in [2.05, 4.69) is 9.72 Å². The van der Waals surface area contributed by atoms with Gasteiger partial charge in [-0.2, -0.15) is 4.39 Å². The Morgan fingerprint density at radius 1 is 1.71 bits per heavy atom. The largest absolute Gasteiger partial charge is 0.462 e. The van der Waals surface area contributed by atoms with Gasteiger partial charge in [0.1, 0.15) is 5.56 Å². The number of pyridine rings is 1. The number of aromatic nitrogens is 1. The molecule has 5 heteroatoms. The van der Waals surface area contributed by atoms with Crippen molar-refractivity contribution in [3.05, 3.63) is 29.3 Å². The van der Waals surface area contributed by atoms with Crippen LogP contribution in [-0.2, 0) is 4.74 Å². The first-order valence-corrected chi connectivity index (χ1v) is 3.97. The summed E-state index contributed by atoms with van der Waals surface area (Å²) in [6, 6.07) is 1.25. The minimum absolute atomic E-state index is 0.0593. The average molecular weight is 197 g/mol. The van der Waals surface area contributed by atoms with Gasteiger partial charge in [-0.3, -0.25) is 4.79 Å². The summed E-state index contributed by atoms with van der Waals surface area (Å²) in [7, 11) is 0. The molecule has 0 aliphatic rings. The summed E-state index contributed by atoms with van der Waals surface area (Å²) in [5.41, 5.74) is -0.472. The maximum absolute atomic E-state index is 13.0. The number of nitrogens with zero attached hydrogens (tertiary/aromatic N) is 1. The van der Waals surface area contributed by atoms with Gasteiger partial charge in [-0.15, -0.1) is 0 Å². The summed E-state index contributed by atoms with van der Waals surface area (Å²) in [6.45, 7) is 1.71. The summed E-state index contributed by atoms with van der Waals surface area (Å²) < 4.78 is 17.6. The third-order valence-electron chi connectivity index (χ3n) is 1.54. The van der Waals surface area contributed by atoms with Crippen molar-refractivity contribution < 1.29 is 18.7 Å². The highest BCUT2D eigenvalue weighted by Gasteiger charge is 2.18. The molecule has 14 heavy (non-hydrogen) atoms. The lowest BCUT2D eigenvalue weighted by atomic mass is 10.1. The van der Waals surface area contributed by atoms with Crippen molar-refractivity contribution in [3.63, 3.8) is 0 Å². The number of rotatable bonds is 3. The van der Waals surface area contributed by atoms with Crippen molar-refractivity contribution in [1.29, 1.82) is 0 Å². The van der Waals surface area contributed by atoms with Gasteiger partial charge in [0.2, 0.25) is 5.95 Å². The normalized spacial score (nSPS) is 9.57. The van der Waals surface area contributed by atoms with Crippen LogP contribution in [0.4, 0.5) is 4.39 Å². The van der Waals surface area contributed by atoms with Gasteiger partial charge in [0.15, 0.2) is 6.29 Å². The molecule has 0 bridgehead atoms. The zero-order valence-electron chi connectivity index (χ0n) is 7.49. The molecule has 1 heterocycles. The van der Waals surface area contributed by atoms with Crippen molar-refractivity contribution in [3.8, 4) is 0 Å². The predicted molar refractivity (Wildman–Crippen MR) is 45.5 cm³/mol. The molecular weight excluding hydrogens is 189 g/mol. The van der Waals surface area contributed by atoms with Crippen molar-refractivity contribution in [1.82, 2.24) is 4.98 Å². The molecule has 0 fully saturated rings. The van der Waals surface area contributed by atoms with Crippen LogP contribution in [0, 0.1) is 5.95 Å². The number of ether oxygens (including phenoxy) is 1. The third kappa shape index (κ3) is 1.93. The third-order valence-corrected chi connectivity index (χ3v) is 1.54. The smallest absolute Gasteiger partial charge is 0.343 e. The summed E-state index contributed by atoms with van der Waals surface area (Å²) >= 11 is 0. The van der Waals surface area contributed by atoms with E-state index in [1.165, 1.54) is 6.07 Å². The van der Waals surface area contributed by atoms with Crippen molar-refractivity contribution in [2.45, 2.75) is 6.92 Å². The van der Waals surface area contributed by atoms with Gasteiger partial charge in [-0.05, 0) is 13.0 Å². The van der Waals surface area contributed by atoms with Gasteiger partial charge in [0.25, 0.3) is 0 Å². The zero-order valence-corrected chi connectivity index (χ0v) is 7.49. The van der Waals surface area contributed by atoms with Crippen LogP contribution in [0.5, 0.6) is 0 Å². The lowest BCUT2D eigenvalue weighted by molar-refractivity contribution is 0.0517. The first kappa shape index (κ1) is 10.3. The Labute approximate surface area is 79.7 Å². The predicted octanol–water partition coefficient (Wildman–Crippen LogP) is 1.21. The highest BCUT2D eigenvalue weighted by Crippen LogP contribution is 2.10. The molecule has 0 spiro atoms. The fourth-order valence-electron chi connectivity index (χ4n) is 0.954. The van der Waals surface area contributed by atoms with E-state index in [-0.39, 0.29) is 12.2 Å². The molecule has 1 aromatic rings. The van der Waals surface area contributed by atoms with Crippen molar-refractivity contribution in [2.75, 3.05) is 6.61 Å². The van der Waals surface area contributed by atoms with E-state index < -0.39 is 17.5 Å². The van der Waals surface area contributed by atoms with E-state index in [9.17, 15) is 14.0 Å². The van der Waals surface area contributed by atoms with Crippen LogP contribution in [0.25, 0.3) is 0 Å². The van der Waals surface area contributed by atoms with Gasteiger partial charge in [0, 0.05) is 11.8 Å². The molecule has 0 amide bonds. The molecule has 0 unspecified atom stereocenters. The van der Waals surface area contributed by atoms with E-state index in [0.29, 0.717) is 6.29 Å². The van der Waals surface area contributed by atoms with Crippen LogP contribution in [0.15, 0.2) is 12.3 Å². The highest BCUT2D eigenvalue weighted by atomic mass is 19.1. The zero-order chi connectivity index (χ0) is 10.6. The Kier molecular flexibility index (Phi) is 3.28. The second kappa shape index (κ2) is 4.45. The molecule has 0 atom stereocenters. The van der Waals surface area contributed by atoms with Crippen molar-refractivity contribution >= 4 is 12.3 Å². The van der Waals surface area contributed by atoms with Gasteiger partial charge in [0.05, 0.1) is 6.61 Å². The number of hydrogen-bond acceptors (Lipinski definition) is 4. The summed E-state index contributed by atoms with van der Waals surface area (Å²) in [6.07, 6.45) is 1.50. The molecule has 4 nitrogen and oxygen atoms in total. The number of carbonyl (C=O) groups is 2. The minimum Gasteiger partial charge on any atom is -0.462 e. The summed E-state index contributed by atoms with van der Waals surface area (Å²) in [5.74, 6) is -1.87. The van der Waals surface area contributed by atoms with E-state index in [0.717, 1.165) is 6.20 Å². The van der Waals surface area contributed by atoms with Crippen LogP contribution in [0.3, 0.4) is 0 Å². The fourth-order valence-corrected chi connectivity index (χ4v) is 0.954. The molecule has 0 radical (unpaired) electrons. The molecule has 0 aliphatic carbocycles. The molecule has 0 aromatic carbocycles. The molecule has 1 rings (SSSR count). The Morgan fingerprint density at radius 3 is 3.00 bits per heavy atom. The number of halogens is 1. The first-order valence-electron chi connectivity index (χ1n) is 3.97. The van der Waals surface area contributed by atoms with Crippen molar-refractivity contribution in [2.24, 2.45) is 0 Å². The van der Waals surface area contributed by atoms with E-state index in [4.69, 9.17) is 0 Å². The number of carbonyl (C=O) groups excluding carboxylic acids is 2. The van der Waals surface area contributed by atoms with Gasteiger partial charge in [-0.25, -0.2) is 9.78 Å². The van der Waals surface area contributed by atoms with E-state index in [1.54, 1.807) is 6.92 Å². The Morgan fingerprint density at radius 2 is 2.43 bits per heavy atom. The van der Waals surface area contributed by atoms with E-state index >= 15 is 0 Å². The maximum atomic E-state index is 13.0. The quantitative estimate of drug-likeness (QED) is 0.415. The second-order valence-electron chi connectivity index (χ2n) is 2.40. The molecule has 1 aromatic heterocycles. The highest BCUT2D eigenvalue weighted by molar-refractivity contribution is 5.98. The number of esters is 1. The monoisotopic (exact) mass is 197 g/mol. The average Bonchev–Trinajstić information content (AvgIpc) is 2.17. The first-order chi connectivity index (χ1) is 6.70. The van der Waals surface area contributed by atoms with Gasteiger partial charge >= 0.3 is 5.97 Å². The number of hydrogen-bond donors (Lipinski definition) is 0. The standard InChI is InChI=1S/C9H8FNO3/c1-2-14-9(13)7-6(5-12)3-4-11-8(7)10/h3-5H,2H2,1H3. The molecule has 0 N–H and O–H groups in total. The number of aldehydes is 1. The van der Waals surface area contributed by atoms with Crippen LogP contribution in [0.1, 0.15) is 27.6 Å². The molecule has 0 aliphatic heterocycles. The lowest BCUT2D eigenvalue weighted by Crippen LogP contribution is -2.11. The summed E-state index contributed by atoms with van der Waals surface area (Å²) in [4.78, 5) is 24.9. The van der Waals surface area contributed by atoms with Gasteiger partial charge in [-0.1, -0.05) is 0 Å². The van der Waals surface area contributed by atoms with Crippen LogP contribution < -0.4 is 0 Å². The van der Waals surface area contributed by atoms with Crippen LogP contribution in [0.2, 0.25) is 0 Å². The topological polar surface area (TPSA) is 56.3 Å². The second-order valence-corrected chi connectivity index (χ2v) is 2.40. The Balaban J connectivity index is 3.16. The molecule has 0 saturated heterocycles. The lowest BCUT2D eigenvalue weighted by Gasteiger charge is -2.03. The molecular formula is C9H8FNO3. The Bertz CT molecular complexity index is 365. The Hall–Kier alpha value is -1.78. The molecule has 0 saturated carbocycles. The van der Waals surface area contributed by atoms with E-state index in [1.807, 2.05) is 0 Å². The SMILES string of the molecule is CCOC(=O)c1c(C=O)ccnc1F.